The van der Waals surface area contributed by atoms with E-state index in [0.717, 1.165) is 21.7 Å². The number of nitrogen functional groups attached to an aromatic ring is 1. The number of nitrogens with zero attached hydrogens (tertiary/aromatic N) is 5. The van der Waals surface area contributed by atoms with Crippen LogP contribution < -0.4 is 16.0 Å². The third-order valence-electron chi connectivity index (χ3n) is 6.41. The zero-order chi connectivity index (χ0) is 25.8. The fourth-order valence-corrected chi connectivity index (χ4v) is 4.35. The molecule has 186 valence electrons. The lowest BCUT2D eigenvalue weighted by Crippen LogP contribution is -2.70. The number of carbonyl (C=O) groups excluding carboxylic acids is 3. The Morgan fingerprint density at radius 3 is 2.53 bits per heavy atom. The van der Waals surface area contributed by atoms with Crippen LogP contribution in [0, 0.1) is 12.8 Å². The molecule has 1 aliphatic heterocycles. The van der Waals surface area contributed by atoms with Gasteiger partial charge in [-0.15, -0.1) is 0 Å². The maximum Gasteiger partial charge on any atom is 0.325 e. The number of nitrogens with one attached hydrogen (secondary N) is 1. The first kappa shape index (κ1) is 24.8. The molecule has 3 aromatic rings. The molecule has 0 saturated carbocycles. The largest absolute Gasteiger partial charge is 0.384 e. The summed E-state index contributed by atoms with van der Waals surface area (Å²) in [5, 5.41) is 2.91. The number of β-lactam (4-membered cyclic amide) rings is 1. The Labute approximate surface area is 209 Å². The number of urea groups is 1. The topological polar surface area (TPSA) is 134 Å². The zero-order valence-electron chi connectivity index (χ0n) is 20.5. The first-order valence-corrected chi connectivity index (χ1v) is 11.7. The third kappa shape index (κ3) is 5.02. The number of pyridine rings is 3. The quantitative estimate of drug-likeness (QED) is 0.489. The third-order valence-corrected chi connectivity index (χ3v) is 6.41. The van der Waals surface area contributed by atoms with Crippen molar-refractivity contribution in [3.05, 3.63) is 78.0 Å². The van der Waals surface area contributed by atoms with Gasteiger partial charge in [0.2, 0.25) is 5.91 Å². The number of carbonyl (C=O) groups is 3. The van der Waals surface area contributed by atoms with Crippen molar-refractivity contribution in [2.24, 2.45) is 5.92 Å². The summed E-state index contributed by atoms with van der Waals surface area (Å²) in [5.74, 6) is -1.17. The highest BCUT2D eigenvalue weighted by molar-refractivity contribution is 6.12. The Kier molecular flexibility index (Phi) is 7.23. The number of amides is 4. The lowest BCUT2D eigenvalue weighted by molar-refractivity contribution is -0.156. The number of likely N-dealkylation sites (tertiary alicyclic amines) is 1. The monoisotopic (exact) mass is 487 g/mol. The van der Waals surface area contributed by atoms with E-state index in [9.17, 15) is 14.4 Å². The van der Waals surface area contributed by atoms with Crippen molar-refractivity contribution in [3.63, 3.8) is 0 Å². The number of imide groups is 1. The average molecular weight is 488 g/mol. The first-order chi connectivity index (χ1) is 17.3. The van der Waals surface area contributed by atoms with Gasteiger partial charge < -0.3 is 16.0 Å². The van der Waals surface area contributed by atoms with Crippen LogP contribution in [-0.4, -0.2) is 50.8 Å². The predicted molar refractivity (Wildman–Crippen MR) is 135 cm³/mol. The molecule has 0 spiro atoms. The smallest absolute Gasteiger partial charge is 0.325 e. The van der Waals surface area contributed by atoms with E-state index >= 15 is 0 Å². The summed E-state index contributed by atoms with van der Waals surface area (Å²) in [7, 11) is 1.62. The average Bonchev–Trinajstić information content (AvgIpc) is 2.89. The second kappa shape index (κ2) is 10.5. The van der Waals surface area contributed by atoms with Crippen LogP contribution in [-0.2, 0) is 16.0 Å². The summed E-state index contributed by atoms with van der Waals surface area (Å²) in [6, 6.07) is 8.62. The number of likely N-dealkylation sites (N-methyl/N-ethyl adjacent to an activating group) is 1. The van der Waals surface area contributed by atoms with Crippen LogP contribution in [0.2, 0.25) is 0 Å². The number of aryl methyl sites for hydroxylation is 1. The van der Waals surface area contributed by atoms with Gasteiger partial charge in [-0.2, -0.15) is 0 Å². The van der Waals surface area contributed by atoms with Crippen LogP contribution >= 0.6 is 0 Å². The second-order valence-electron chi connectivity index (χ2n) is 8.80. The Morgan fingerprint density at radius 1 is 1.14 bits per heavy atom. The molecule has 1 fully saturated rings. The van der Waals surface area contributed by atoms with Gasteiger partial charge in [-0.25, -0.2) is 9.78 Å². The molecule has 4 rings (SSSR count). The van der Waals surface area contributed by atoms with Gasteiger partial charge in [0, 0.05) is 43.2 Å². The summed E-state index contributed by atoms with van der Waals surface area (Å²) in [6.45, 7) is 3.81. The van der Waals surface area contributed by atoms with E-state index in [0.29, 0.717) is 17.9 Å². The summed E-state index contributed by atoms with van der Waals surface area (Å²) in [6.07, 6.45) is 7.27. The molecule has 4 heterocycles. The van der Waals surface area contributed by atoms with Crippen molar-refractivity contribution in [1.29, 1.82) is 0 Å². The van der Waals surface area contributed by atoms with Crippen LogP contribution in [0.3, 0.4) is 0 Å². The van der Waals surface area contributed by atoms with E-state index in [4.69, 9.17) is 5.73 Å². The number of rotatable bonds is 7. The standard InChI is InChI=1S/C26H29N7O3/c1-4-21(18-6-5-16(2)30-15-18)31-26(36)33-23(25(35)32(3)19-8-10-28-11-9-19)20(24(33)34)13-17-7-12-29-22(27)14-17/h5-12,14-15,20-21,23H,4,13H2,1-3H3,(H2,27,29)(H,31,36)/t20?,21-,23+/m1/s1. The van der Waals surface area contributed by atoms with E-state index in [2.05, 4.69) is 20.3 Å². The molecule has 1 aliphatic rings. The van der Waals surface area contributed by atoms with E-state index < -0.39 is 23.9 Å². The molecule has 36 heavy (non-hydrogen) atoms. The lowest BCUT2D eigenvalue weighted by Gasteiger charge is -2.46. The molecular formula is C26H29N7O3. The van der Waals surface area contributed by atoms with Crippen LogP contribution in [0.25, 0.3) is 0 Å². The minimum atomic E-state index is -0.973. The van der Waals surface area contributed by atoms with E-state index in [1.807, 2.05) is 26.0 Å². The van der Waals surface area contributed by atoms with Crippen LogP contribution in [0.5, 0.6) is 0 Å². The van der Waals surface area contributed by atoms with Crippen molar-refractivity contribution >= 4 is 29.4 Å². The Balaban J connectivity index is 1.59. The first-order valence-electron chi connectivity index (χ1n) is 11.7. The van der Waals surface area contributed by atoms with E-state index in [-0.39, 0.29) is 18.4 Å². The second-order valence-corrected chi connectivity index (χ2v) is 8.80. The maximum atomic E-state index is 13.6. The molecule has 10 nitrogen and oxygen atoms in total. The molecule has 4 amide bonds. The molecule has 3 atom stereocenters. The van der Waals surface area contributed by atoms with Crippen LogP contribution in [0.1, 0.15) is 36.2 Å². The summed E-state index contributed by atoms with van der Waals surface area (Å²) in [5.41, 5.74) is 8.86. The number of hydrogen-bond donors (Lipinski definition) is 2. The summed E-state index contributed by atoms with van der Waals surface area (Å²) < 4.78 is 0. The maximum absolute atomic E-state index is 13.6. The molecular weight excluding hydrogens is 458 g/mol. The van der Waals surface area contributed by atoms with Crippen LogP contribution in [0.15, 0.2) is 61.2 Å². The highest BCUT2D eigenvalue weighted by atomic mass is 16.2. The molecule has 0 radical (unpaired) electrons. The summed E-state index contributed by atoms with van der Waals surface area (Å²) in [4.78, 5) is 54.9. The molecule has 0 aromatic carbocycles. The molecule has 0 bridgehead atoms. The van der Waals surface area contributed by atoms with Gasteiger partial charge in [0.1, 0.15) is 11.9 Å². The molecule has 1 unspecified atom stereocenters. The van der Waals surface area contributed by atoms with E-state index in [1.54, 1.807) is 56.1 Å². The number of hydrogen-bond acceptors (Lipinski definition) is 7. The zero-order valence-corrected chi connectivity index (χ0v) is 20.5. The number of aromatic nitrogens is 3. The molecule has 10 heteroatoms. The molecule has 0 aliphatic carbocycles. The minimum absolute atomic E-state index is 0.259. The fraction of sp³-hybridized carbons (Fsp3) is 0.308. The van der Waals surface area contributed by atoms with Gasteiger partial charge >= 0.3 is 6.03 Å². The Hall–Kier alpha value is -4.34. The van der Waals surface area contributed by atoms with Gasteiger partial charge in [-0.1, -0.05) is 13.0 Å². The molecule has 3 aromatic heterocycles. The van der Waals surface area contributed by atoms with Gasteiger partial charge in [-0.3, -0.25) is 24.5 Å². The molecule has 1 saturated heterocycles. The summed E-state index contributed by atoms with van der Waals surface area (Å²) >= 11 is 0. The van der Waals surface area contributed by atoms with Gasteiger partial charge in [-0.05, 0) is 61.2 Å². The lowest BCUT2D eigenvalue weighted by atomic mass is 9.81. The number of anilines is 2. The highest BCUT2D eigenvalue weighted by Gasteiger charge is 2.55. The van der Waals surface area contributed by atoms with Crippen LogP contribution in [0.4, 0.5) is 16.3 Å². The minimum Gasteiger partial charge on any atom is -0.384 e. The highest BCUT2D eigenvalue weighted by Crippen LogP contribution is 2.33. The number of nitrogens with two attached hydrogens (primary N) is 1. The predicted octanol–water partition coefficient (Wildman–Crippen LogP) is 2.66. The van der Waals surface area contributed by atoms with Gasteiger partial charge in [0.15, 0.2) is 0 Å². The van der Waals surface area contributed by atoms with Crippen molar-refractivity contribution in [2.45, 2.75) is 38.8 Å². The van der Waals surface area contributed by atoms with Crippen molar-refractivity contribution in [2.75, 3.05) is 17.7 Å². The van der Waals surface area contributed by atoms with Crippen molar-refractivity contribution in [3.8, 4) is 0 Å². The van der Waals surface area contributed by atoms with Crippen molar-refractivity contribution in [1.82, 2.24) is 25.2 Å². The Bertz CT molecular complexity index is 1250. The van der Waals surface area contributed by atoms with Gasteiger partial charge in [0.25, 0.3) is 5.91 Å². The van der Waals surface area contributed by atoms with Crippen molar-refractivity contribution < 1.29 is 14.4 Å². The normalized spacial score (nSPS) is 17.8. The Morgan fingerprint density at radius 2 is 1.89 bits per heavy atom. The molecule has 3 N–H and O–H groups in total. The van der Waals surface area contributed by atoms with Gasteiger partial charge in [0.05, 0.1) is 12.0 Å². The SMILES string of the molecule is CC[C@@H](NC(=O)N1C(=O)C(Cc2ccnc(N)c2)[C@H]1C(=O)N(C)c1ccncc1)c1ccc(C)nc1. The van der Waals surface area contributed by atoms with E-state index in [1.165, 1.54) is 4.90 Å². The fourth-order valence-electron chi connectivity index (χ4n) is 4.35.